The molecule has 22 heavy (non-hydrogen) atoms. The number of nitrogens with zero attached hydrogens (tertiary/aromatic N) is 4. The van der Waals surface area contributed by atoms with Crippen LogP contribution in [0, 0.1) is 5.92 Å². The number of ether oxygens (including phenoxy) is 1. The minimum atomic E-state index is 0.0465. The lowest BCUT2D eigenvalue weighted by atomic mass is 9.86. The molecule has 0 N–H and O–H groups in total. The van der Waals surface area contributed by atoms with Gasteiger partial charge in [-0.2, -0.15) is 0 Å². The molecular weight excluding hydrogens is 276 g/mol. The van der Waals surface area contributed by atoms with Crippen molar-refractivity contribution in [1.82, 2.24) is 14.9 Å². The van der Waals surface area contributed by atoms with E-state index in [1.165, 1.54) is 38.6 Å². The van der Waals surface area contributed by atoms with Gasteiger partial charge in [0, 0.05) is 38.1 Å². The van der Waals surface area contributed by atoms with Crippen molar-refractivity contribution in [3.63, 3.8) is 0 Å². The van der Waals surface area contributed by atoms with Gasteiger partial charge in [0.05, 0.1) is 18.4 Å². The van der Waals surface area contributed by atoms with Crippen LogP contribution < -0.4 is 4.90 Å². The fourth-order valence-electron chi connectivity index (χ4n) is 4.16. The summed E-state index contributed by atoms with van der Waals surface area (Å²) in [6, 6.07) is 0.846. The molecule has 3 aliphatic rings. The molecule has 1 saturated carbocycles. The minimum absolute atomic E-state index is 0.0465. The van der Waals surface area contributed by atoms with Gasteiger partial charge in [0.15, 0.2) is 0 Å². The van der Waals surface area contributed by atoms with Crippen LogP contribution in [-0.4, -0.2) is 59.8 Å². The van der Waals surface area contributed by atoms with Crippen LogP contribution in [0.4, 0.5) is 5.82 Å². The lowest BCUT2D eigenvalue weighted by Gasteiger charge is -2.40. The molecule has 0 radical (unpaired) electrons. The zero-order chi connectivity index (χ0) is 15.0. The highest BCUT2D eigenvalue weighted by Gasteiger charge is 2.44. The summed E-state index contributed by atoms with van der Waals surface area (Å²) in [6.45, 7) is 4.15. The molecule has 0 unspecified atom stereocenters. The summed E-state index contributed by atoms with van der Waals surface area (Å²) in [5.74, 6) is 1.68. The van der Waals surface area contributed by atoms with E-state index >= 15 is 0 Å². The summed E-state index contributed by atoms with van der Waals surface area (Å²) < 4.78 is 6.33. The van der Waals surface area contributed by atoms with E-state index < -0.39 is 0 Å². The Morgan fingerprint density at radius 2 is 2.32 bits per heavy atom. The van der Waals surface area contributed by atoms with Gasteiger partial charge in [0.1, 0.15) is 5.82 Å². The number of hydrogen-bond donors (Lipinski definition) is 0. The Balaban J connectivity index is 1.39. The Morgan fingerprint density at radius 1 is 1.41 bits per heavy atom. The maximum absolute atomic E-state index is 6.33. The van der Waals surface area contributed by atoms with E-state index in [4.69, 9.17) is 4.74 Å². The first kappa shape index (κ1) is 14.4. The fourth-order valence-corrected chi connectivity index (χ4v) is 4.16. The lowest BCUT2D eigenvalue weighted by Crippen LogP contribution is -2.48. The monoisotopic (exact) mass is 302 g/mol. The van der Waals surface area contributed by atoms with E-state index in [2.05, 4.69) is 26.8 Å². The topological polar surface area (TPSA) is 41.5 Å². The van der Waals surface area contributed by atoms with Crippen LogP contribution in [0.1, 0.15) is 32.1 Å². The number of aromatic nitrogens is 2. The zero-order valence-electron chi connectivity index (χ0n) is 13.4. The average molecular weight is 302 g/mol. The van der Waals surface area contributed by atoms with Gasteiger partial charge in [-0.05, 0) is 45.1 Å². The summed E-state index contributed by atoms with van der Waals surface area (Å²) in [5.41, 5.74) is 0.0465. The first-order valence-electron chi connectivity index (χ1n) is 8.59. The Labute approximate surface area is 132 Å². The Bertz CT molecular complexity index is 507. The number of rotatable bonds is 4. The van der Waals surface area contributed by atoms with Crippen molar-refractivity contribution in [2.45, 2.75) is 43.7 Å². The third-order valence-electron chi connectivity index (χ3n) is 5.42. The van der Waals surface area contributed by atoms with Crippen LogP contribution in [0.15, 0.2) is 18.6 Å². The third kappa shape index (κ3) is 2.97. The molecule has 5 heteroatoms. The van der Waals surface area contributed by atoms with E-state index in [0.717, 1.165) is 31.6 Å². The van der Waals surface area contributed by atoms with E-state index in [-0.39, 0.29) is 5.60 Å². The molecule has 4 rings (SSSR count). The molecule has 2 aliphatic heterocycles. The van der Waals surface area contributed by atoms with Gasteiger partial charge in [0.2, 0.25) is 0 Å². The summed E-state index contributed by atoms with van der Waals surface area (Å²) in [5, 5.41) is 0. The molecule has 2 saturated heterocycles. The molecule has 1 aromatic rings. The maximum Gasteiger partial charge on any atom is 0.147 e. The Hall–Kier alpha value is -1.20. The first-order chi connectivity index (χ1) is 10.7. The van der Waals surface area contributed by atoms with Gasteiger partial charge in [-0.25, -0.2) is 4.98 Å². The Kier molecular flexibility index (Phi) is 3.78. The van der Waals surface area contributed by atoms with Crippen LogP contribution in [0.25, 0.3) is 0 Å². The van der Waals surface area contributed by atoms with E-state index in [1.54, 1.807) is 12.4 Å². The highest BCUT2D eigenvalue weighted by Crippen LogP contribution is 2.39. The molecule has 3 fully saturated rings. The van der Waals surface area contributed by atoms with Crippen molar-refractivity contribution in [2.75, 3.05) is 38.2 Å². The largest absolute Gasteiger partial charge is 0.373 e. The summed E-state index contributed by atoms with van der Waals surface area (Å²) in [7, 11) is 2.27. The molecule has 3 heterocycles. The molecule has 5 nitrogen and oxygen atoms in total. The Morgan fingerprint density at radius 3 is 3.09 bits per heavy atom. The average Bonchev–Trinajstić information content (AvgIpc) is 3.34. The summed E-state index contributed by atoms with van der Waals surface area (Å²) in [4.78, 5) is 13.5. The van der Waals surface area contributed by atoms with Crippen molar-refractivity contribution in [3.05, 3.63) is 18.6 Å². The van der Waals surface area contributed by atoms with Gasteiger partial charge in [0.25, 0.3) is 0 Å². The fraction of sp³-hybridized carbons (Fsp3) is 0.765. The SMILES string of the molecule is CN(C[C@H]1CO[C@@]2(CCCN(c3cnccn3)C2)C1)C1CC1. The van der Waals surface area contributed by atoms with Crippen molar-refractivity contribution in [1.29, 1.82) is 0 Å². The summed E-state index contributed by atoms with van der Waals surface area (Å²) in [6.07, 6.45) is 11.7. The van der Waals surface area contributed by atoms with Gasteiger partial charge < -0.3 is 14.5 Å². The van der Waals surface area contributed by atoms with Crippen LogP contribution in [0.5, 0.6) is 0 Å². The molecule has 0 aromatic carbocycles. The van der Waals surface area contributed by atoms with E-state index in [0.29, 0.717) is 5.92 Å². The quantitative estimate of drug-likeness (QED) is 0.850. The van der Waals surface area contributed by atoms with Crippen LogP contribution in [0.3, 0.4) is 0 Å². The molecule has 0 amide bonds. The summed E-state index contributed by atoms with van der Waals surface area (Å²) >= 11 is 0. The predicted octanol–water partition coefficient (Wildman–Crippen LogP) is 1.95. The van der Waals surface area contributed by atoms with Crippen molar-refractivity contribution < 1.29 is 4.74 Å². The third-order valence-corrected chi connectivity index (χ3v) is 5.42. The second-order valence-electron chi connectivity index (χ2n) is 7.32. The van der Waals surface area contributed by atoms with E-state index in [9.17, 15) is 0 Å². The van der Waals surface area contributed by atoms with Crippen molar-refractivity contribution in [3.8, 4) is 0 Å². The highest BCUT2D eigenvalue weighted by atomic mass is 16.5. The maximum atomic E-state index is 6.33. The standard InChI is InChI=1S/C17H26N4O/c1-20(15-3-4-15)11-14-9-17(22-12-14)5-2-8-21(13-17)16-10-18-6-7-19-16/h6-7,10,14-15H,2-5,8-9,11-13H2,1H3/t14-,17-/m0/s1. The minimum Gasteiger partial charge on any atom is -0.373 e. The molecule has 1 aromatic heterocycles. The van der Waals surface area contributed by atoms with E-state index in [1.807, 2.05) is 6.20 Å². The molecule has 120 valence electrons. The van der Waals surface area contributed by atoms with Crippen molar-refractivity contribution >= 4 is 5.82 Å². The second-order valence-corrected chi connectivity index (χ2v) is 7.32. The zero-order valence-corrected chi connectivity index (χ0v) is 13.4. The number of anilines is 1. The van der Waals surface area contributed by atoms with Crippen LogP contribution >= 0.6 is 0 Å². The van der Waals surface area contributed by atoms with Gasteiger partial charge in [-0.15, -0.1) is 0 Å². The first-order valence-corrected chi connectivity index (χ1v) is 8.59. The second kappa shape index (κ2) is 5.78. The number of piperidine rings is 1. The van der Waals surface area contributed by atoms with Gasteiger partial charge >= 0.3 is 0 Å². The highest BCUT2D eigenvalue weighted by molar-refractivity contribution is 5.36. The smallest absolute Gasteiger partial charge is 0.147 e. The predicted molar refractivity (Wildman–Crippen MR) is 85.9 cm³/mol. The van der Waals surface area contributed by atoms with Gasteiger partial charge in [-0.1, -0.05) is 0 Å². The molecular formula is C17H26N4O. The normalized spacial score (nSPS) is 32.1. The molecule has 0 bridgehead atoms. The molecule has 1 aliphatic carbocycles. The molecule has 2 atom stereocenters. The van der Waals surface area contributed by atoms with Crippen molar-refractivity contribution in [2.24, 2.45) is 5.92 Å². The van der Waals surface area contributed by atoms with Crippen LogP contribution in [0.2, 0.25) is 0 Å². The van der Waals surface area contributed by atoms with Crippen LogP contribution in [-0.2, 0) is 4.74 Å². The number of hydrogen-bond acceptors (Lipinski definition) is 5. The van der Waals surface area contributed by atoms with Gasteiger partial charge in [-0.3, -0.25) is 4.98 Å². The molecule has 1 spiro atoms. The lowest BCUT2D eigenvalue weighted by molar-refractivity contribution is -0.00737.